The Kier molecular flexibility index (Phi) is 5.60. The third-order valence-electron chi connectivity index (χ3n) is 2.53. The molecule has 0 radical (unpaired) electrons. The van der Waals surface area contributed by atoms with E-state index in [0.29, 0.717) is 18.0 Å². The summed E-state index contributed by atoms with van der Waals surface area (Å²) in [5.41, 5.74) is 0.563. The lowest BCUT2D eigenvalue weighted by Crippen LogP contribution is -2.32. The predicted molar refractivity (Wildman–Crippen MR) is 76.8 cm³/mol. The van der Waals surface area contributed by atoms with E-state index in [1.807, 2.05) is 0 Å². The molecule has 1 aromatic heterocycles. The summed E-state index contributed by atoms with van der Waals surface area (Å²) in [5.74, 6) is 0.103. The van der Waals surface area contributed by atoms with Crippen LogP contribution >= 0.6 is 11.6 Å². The van der Waals surface area contributed by atoms with Gasteiger partial charge in [-0.2, -0.15) is 0 Å². The van der Waals surface area contributed by atoms with E-state index >= 15 is 0 Å². The van der Waals surface area contributed by atoms with Crippen molar-refractivity contribution in [3.05, 3.63) is 23.9 Å². The Morgan fingerprint density at radius 2 is 2.21 bits per heavy atom. The van der Waals surface area contributed by atoms with Crippen molar-refractivity contribution in [3.8, 4) is 5.88 Å². The van der Waals surface area contributed by atoms with E-state index in [1.165, 1.54) is 7.11 Å². The molecule has 0 saturated heterocycles. The number of pyridine rings is 1. The van der Waals surface area contributed by atoms with Gasteiger partial charge >= 0.3 is 0 Å². The number of amides is 1. The molecule has 1 atom stereocenters. The second-order valence-corrected chi connectivity index (χ2v) is 6.25. The van der Waals surface area contributed by atoms with E-state index in [-0.39, 0.29) is 16.7 Å². The molecule has 4 nitrogen and oxygen atoms in total. The number of hydrogen-bond donors (Lipinski definition) is 1. The fraction of sp³-hybridized carbons (Fsp3) is 0.571. The number of carbonyl (C=O) groups is 1. The zero-order valence-electron chi connectivity index (χ0n) is 11.9. The highest BCUT2D eigenvalue weighted by molar-refractivity contribution is 6.21. The van der Waals surface area contributed by atoms with Gasteiger partial charge in [-0.3, -0.25) is 4.79 Å². The molecule has 0 aliphatic carbocycles. The largest absolute Gasteiger partial charge is 0.480 e. The average Bonchev–Trinajstić information content (AvgIpc) is 2.33. The minimum Gasteiger partial charge on any atom is -0.480 e. The summed E-state index contributed by atoms with van der Waals surface area (Å²) >= 11 is 6.21. The standard InChI is InChI=1S/C14H21ClN2O2/c1-14(2,3)8-10(15)9-17-12(18)11-6-5-7-16-13(11)19-4/h5-7,10H,8-9H2,1-4H3,(H,17,18). The number of aromatic nitrogens is 1. The Morgan fingerprint density at radius 3 is 2.79 bits per heavy atom. The SMILES string of the molecule is COc1ncccc1C(=O)NCC(Cl)CC(C)(C)C. The van der Waals surface area contributed by atoms with Crippen molar-refractivity contribution in [1.29, 1.82) is 0 Å². The van der Waals surface area contributed by atoms with E-state index in [0.717, 1.165) is 6.42 Å². The lowest BCUT2D eigenvalue weighted by Gasteiger charge is -2.22. The van der Waals surface area contributed by atoms with Crippen molar-refractivity contribution in [2.45, 2.75) is 32.6 Å². The van der Waals surface area contributed by atoms with Crippen LogP contribution in [0.4, 0.5) is 0 Å². The van der Waals surface area contributed by atoms with Crippen LogP contribution in [-0.2, 0) is 0 Å². The molecule has 1 unspecified atom stereocenters. The van der Waals surface area contributed by atoms with Gasteiger partial charge in [0.1, 0.15) is 5.56 Å². The number of ether oxygens (including phenoxy) is 1. The van der Waals surface area contributed by atoms with E-state index in [1.54, 1.807) is 18.3 Å². The van der Waals surface area contributed by atoms with Gasteiger partial charge in [0, 0.05) is 12.7 Å². The molecule has 0 bridgehead atoms. The van der Waals surface area contributed by atoms with Gasteiger partial charge in [0.2, 0.25) is 5.88 Å². The maximum atomic E-state index is 12.0. The smallest absolute Gasteiger partial charge is 0.256 e. The van der Waals surface area contributed by atoms with Gasteiger partial charge in [-0.15, -0.1) is 11.6 Å². The number of hydrogen-bond acceptors (Lipinski definition) is 3. The molecule has 0 aliphatic heterocycles. The topological polar surface area (TPSA) is 51.2 Å². The van der Waals surface area contributed by atoms with Crippen LogP contribution in [-0.4, -0.2) is 29.9 Å². The van der Waals surface area contributed by atoms with E-state index in [2.05, 4.69) is 31.1 Å². The normalized spacial score (nSPS) is 12.9. The van der Waals surface area contributed by atoms with Gasteiger partial charge in [0.15, 0.2) is 0 Å². The van der Waals surface area contributed by atoms with Crippen molar-refractivity contribution in [2.24, 2.45) is 5.41 Å². The number of nitrogens with one attached hydrogen (secondary N) is 1. The first-order valence-corrected chi connectivity index (χ1v) is 6.68. The molecule has 19 heavy (non-hydrogen) atoms. The highest BCUT2D eigenvalue weighted by atomic mass is 35.5. The highest BCUT2D eigenvalue weighted by Gasteiger charge is 2.18. The monoisotopic (exact) mass is 284 g/mol. The fourth-order valence-corrected chi connectivity index (χ4v) is 2.30. The number of nitrogens with zero attached hydrogens (tertiary/aromatic N) is 1. The molecule has 5 heteroatoms. The lowest BCUT2D eigenvalue weighted by molar-refractivity contribution is 0.0948. The summed E-state index contributed by atoms with van der Waals surface area (Å²) in [6, 6.07) is 3.37. The molecule has 1 aromatic rings. The Morgan fingerprint density at radius 1 is 1.53 bits per heavy atom. The Hall–Kier alpha value is -1.29. The van der Waals surface area contributed by atoms with Crippen molar-refractivity contribution >= 4 is 17.5 Å². The molecule has 1 amide bonds. The quantitative estimate of drug-likeness (QED) is 0.846. The molecule has 0 spiro atoms. The van der Waals surface area contributed by atoms with Crippen molar-refractivity contribution in [3.63, 3.8) is 0 Å². The number of carbonyl (C=O) groups excluding carboxylic acids is 1. The molecule has 1 N–H and O–H groups in total. The third kappa shape index (κ3) is 5.47. The number of rotatable bonds is 5. The summed E-state index contributed by atoms with van der Waals surface area (Å²) < 4.78 is 5.05. The average molecular weight is 285 g/mol. The first-order chi connectivity index (χ1) is 8.83. The summed E-state index contributed by atoms with van der Waals surface area (Å²) in [6.45, 7) is 6.78. The number of methoxy groups -OCH3 is 1. The van der Waals surface area contributed by atoms with Gasteiger partial charge < -0.3 is 10.1 Å². The first-order valence-electron chi connectivity index (χ1n) is 6.25. The van der Waals surface area contributed by atoms with Crippen LogP contribution in [0.2, 0.25) is 0 Å². The molecule has 0 saturated carbocycles. The molecule has 0 aromatic carbocycles. The van der Waals surface area contributed by atoms with Crippen molar-refractivity contribution in [2.75, 3.05) is 13.7 Å². The van der Waals surface area contributed by atoms with Crippen molar-refractivity contribution in [1.82, 2.24) is 10.3 Å². The molecule has 0 fully saturated rings. The minimum absolute atomic E-state index is 0.0911. The summed E-state index contributed by atoms with van der Waals surface area (Å²) in [4.78, 5) is 16.0. The zero-order valence-corrected chi connectivity index (χ0v) is 12.6. The van der Waals surface area contributed by atoms with E-state index in [4.69, 9.17) is 16.3 Å². The Bertz CT molecular complexity index is 430. The van der Waals surface area contributed by atoms with Crippen molar-refractivity contribution < 1.29 is 9.53 Å². The van der Waals surface area contributed by atoms with E-state index < -0.39 is 0 Å². The summed E-state index contributed by atoms with van der Waals surface area (Å²) in [5, 5.41) is 2.71. The van der Waals surface area contributed by atoms with Gasteiger partial charge in [0.25, 0.3) is 5.91 Å². The Labute approximate surface area is 119 Å². The fourth-order valence-electron chi connectivity index (χ4n) is 1.76. The van der Waals surface area contributed by atoms with Gasteiger partial charge in [-0.25, -0.2) is 4.98 Å². The molecular weight excluding hydrogens is 264 g/mol. The van der Waals surface area contributed by atoms with Gasteiger partial charge in [0.05, 0.1) is 12.5 Å². The van der Waals surface area contributed by atoms with Gasteiger partial charge in [-0.05, 0) is 24.0 Å². The van der Waals surface area contributed by atoms with Crippen LogP contribution in [0.5, 0.6) is 5.88 Å². The van der Waals surface area contributed by atoms with Crippen LogP contribution in [0.1, 0.15) is 37.6 Å². The minimum atomic E-state index is -0.218. The molecule has 106 valence electrons. The summed E-state index contributed by atoms with van der Waals surface area (Å²) in [7, 11) is 1.49. The maximum Gasteiger partial charge on any atom is 0.256 e. The Balaban J connectivity index is 2.56. The van der Waals surface area contributed by atoms with Crippen LogP contribution in [0.3, 0.4) is 0 Å². The van der Waals surface area contributed by atoms with Crippen LogP contribution < -0.4 is 10.1 Å². The highest BCUT2D eigenvalue weighted by Crippen LogP contribution is 2.23. The third-order valence-corrected chi connectivity index (χ3v) is 2.84. The van der Waals surface area contributed by atoms with Gasteiger partial charge in [-0.1, -0.05) is 20.8 Å². The van der Waals surface area contributed by atoms with Crippen LogP contribution in [0.15, 0.2) is 18.3 Å². The predicted octanol–water partition coefficient (Wildman–Crippen LogP) is 2.86. The summed E-state index contributed by atoms with van der Waals surface area (Å²) in [6.07, 6.45) is 2.42. The maximum absolute atomic E-state index is 12.0. The number of halogens is 1. The molecular formula is C14H21ClN2O2. The zero-order chi connectivity index (χ0) is 14.5. The van der Waals surface area contributed by atoms with E-state index in [9.17, 15) is 4.79 Å². The second kappa shape index (κ2) is 6.75. The molecule has 1 rings (SSSR count). The number of alkyl halides is 1. The molecule has 1 heterocycles. The second-order valence-electron chi connectivity index (χ2n) is 5.63. The molecule has 0 aliphatic rings. The van der Waals surface area contributed by atoms with Crippen LogP contribution in [0.25, 0.3) is 0 Å². The first kappa shape index (κ1) is 15.8. The lowest BCUT2D eigenvalue weighted by atomic mass is 9.90. The van der Waals surface area contributed by atoms with Crippen LogP contribution in [0, 0.1) is 5.41 Å².